The fourth-order valence-corrected chi connectivity index (χ4v) is 6.31. The van der Waals surface area contributed by atoms with Gasteiger partial charge >= 0.3 is 5.97 Å². The van der Waals surface area contributed by atoms with Crippen molar-refractivity contribution in [3.05, 3.63) is 22.3 Å². The maximum Gasteiger partial charge on any atom is 0.340 e. The zero-order valence-corrected chi connectivity index (χ0v) is 19.5. The topological polar surface area (TPSA) is 67.9 Å². The predicted molar refractivity (Wildman–Crippen MR) is 116 cm³/mol. The average Bonchev–Trinajstić information content (AvgIpc) is 2.52. The Bertz CT molecular complexity index is 634. The standard InChI is InChI=1S/C15H17I3N2O4/c1-9(21)19-14-11(17)8-10(16)12(13(14)18)15(22)24-7-4-20-2-5-23-6-3-20/h8H,2-7H2,1H3,(H,19,21). The molecule has 2 rings (SSSR count). The number of benzene rings is 1. The highest BCUT2D eigenvalue weighted by molar-refractivity contribution is 14.1. The zero-order valence-electron chi connectivity index (χ0n) is 13.0. The van der Waals surface area contributed by atoms with Crippen molar-refractivity contribution in [1.82, 2.24) is 4.90 Å². The van der Waals surface area contributed by atoms with Gasteiger partial charge in [0.1, 0.15) is 6.61 Å². The number of anilines is 1. The van der Waals surface area contributed by atoms with Crippen LogP contribution in [0, 0.1) is 10.7 Å². The summed E-state index contributed by atoms with van der Waals surface area (Å²) in [6.45, 7) is 5.66. The molecule has 24 heavy (non-hydrogen) atoms. The molecule has 1 aliphatic rings. The van der Waals surface area contributed by atoms with Gasteiger partial charge in [0.15, 0.2) is 0 Å². The quantitative estimate of drug-likeness (QED) is 0.386. The van der Waals surface area contributed by atoms with Gasteiger partial charge in [-0.3, -0.25) is 9.69 Å². The molecule has 1 saturated heterocycles. The maximum atomic E-state index is 12.5. The van der Waals surface area contributed by atoms with Crippen LogP contribution in [-0.2, 0) is 14.3 Å². The second-order valence-electron chi connectivity index (χ2n) is 5.18. The van der Waals surface area contributed by atoms with Crippen molar-refractivity contribution in [3.63, 3.8) is 0 Å². The molecule has 132 valence electrons. The van der Waals surface area contributed by atoms with Crippen LogP contribution in [-0.4, -0.2) is 56.2 Å². The van der Waals surface area contributed by atoms with Crippen LogP contribution in [0.1, 0.15) is 17.3 Å². The maximum absolute atomic E-state index is 12.5. The third-order valence-electron chi connectivity index (χ3n) is 3.42. The molecule has 0 aromatic heterocycles. The van der Waals surface area contributed by atoms with E-state index in [9.17, 15) is 9.59 Å². The van der Waals surface area contributed by atoms with Crippen molar-refractivity contribution in [3.8, 4) is 0 Å². The number of nitrogens with zero attached hydrogens (tertiary/aromatic N) is 1. The first-order valence-corrected chi connectivity index (χ1v) is 10.6. The number of carbonyl (C=O) groups excluding carboxylic acids is 2. The summed E-state index contributed by atoms with van der Waals surface area (Å²) >= 11 is 6.35. The lowest BCUT2D eigenvalue weighted by Gasteiger charge is -2.26. The van der Waals surface area contributed by atoms with E-state index < -0.39 is 0 Å². The Hall–Kier alpha value is 0.270. The van der Waals surface area contributed by atoms with Crippen LogP contribution in [0.2, 0.25) is 0 Å². The first kappa shape index (κ1) is 20.6. The summed E-state index contributed by atoms with van der Waals surface area (Å²) in [5.41, 5.74) is 1.16. The van der Waals surface area contributed by atoms with Gasteiger partial charge in [-0.05, 0) is 73.8 Å². The summed E-state index contributed by atoms with van der Waals surface area (Å²) in [7, 11) is 0. The average molecular weight is 670 g/mol. The van der Waals surface area contributed by atoms with Gasteiger partial charge in [0, 0.05) is 33.7 Å². The molecule has 0 atom stereocenters. The highest BCUT2D eigenvalue weighted by Crippen LogP contribution is 2.32. The van der Waals surface area contributed by atoms with Gasteiger partial charge in [-0.2, -0.15) is 0 Å². The number of rotatable bonds is 5. The monoisotopic (exact) mass is 670 g/mol. The number of morpholine rings is 1. The van der Waals surface area contributed by atoms with Crippen LogP contribution in [0.25, 0.3) is 0 Å². The number of esters is 1. The zero-order chi connectivity index (χ0) is 17.7. The van der Waals surface area contributed by atoms with Crippen molar-refractivity contribution in [2.75, 3.05) is 44.8 Å². The lowest BCUT2D eigenvalue weighted by molar-refractivity contribution is -0.114. The number of halogens is 3. The Morgan fingerprint density at radius 2 is 1.92 bits per heavy atom. The van der Waals surface area contributed by atoms with E-state index in [-0.39, 0.29) is 11.9 Å². The first-order chi connectivity index (χ1) is 11.4. The molecule has 0 aliphatic carbocycles. The molecule has 9 heteroatoms. The van der Waals surface area contributed by atoms with Gasteiger partial charge in [0.05, 0.1) is 28.0 Å². The number of hydrogen-bond donors (Lipinski definition) is 1. The Morgan fingerprint density at radius 1 is 1.25 bits per heavy atom. The summed E-state index contributed by atoms with van der Waals surface area (Å²) < 4.78 is 13.1. The molecule has 0 spiro atoms. The second kappa shape index (κ2) is 9.83. The van der Waals surface area contributed by atoms with Crippen molar-refractivity contribution in [2.24, 2.45) is 0 Å². The number of amides is 1. The molecule has 0 radical (unpaired) electrons. The van der Waals surface area contributed by atoms with E-state index in [4.69, 9.17) is 9.47 Å². The molecule has 1 aliphatic heterocycles. The fraction of sp³-hybridized carbons (Fsp3) is 0.467. The van der Waals surface area contributed by atoms with Crippen LogP contribution in [0.15, 0.2) is 6.07 Å². The SMILES string of the molecule is CC(=O)Nc1c(I)cc(I)c(C(=O)OCCN2CCOCC2)c1I. The molecule has 1 aromatic carbocycles. The Morgan fingerprint density at radius 3 is 2.54 bits per heavy atom. The van der Waals surface area contributed by atoms with Gasteiger partial charge in [-0.25, -0.2) is 4.79 Å². The van der Waals surface area contributed by atoms with Crippen molar-refractivity contribution in [2.45, 2.75) is 6.92 Å². The van der Waals surface area contributed by atoms with E-state index in [0.29, 0.717) is 28.0 Å². The van der Waals surface area contributed by atoms with Crippen LogP contribution >= 0.6 is 67.8 Å². The lowest BCUT2D eigenvalue weighted by atomic mass is 10.2. The van der Waals surface area contributed by atoms with Gasteiger partial charge in [-0.15, -0.1) is 0 Å². The van der Waals surface area contributed by atoms with E-state index in [0.717, 1.165) is 33.4 Å². The summed E-state index contributed by atoms with van der Waals surface area (Å²) in [6, 6.07) is 1.87. The molecule has 0 unspecified atom stereocenters. The van der Waals surface area contributed by atoms with Crippen LogP contribution in [0.3, 0.4) is 0 Å². The van der Waals surface area contributed by atoms with Gasteiger partial charge in [-0.1, -0.05) is 0 Å². The number of nitrogens with one attached hydrogen (secondary N) is 1. The number of hydrogen-bond acceptors (Lipinski definition) is 5. The number of carbonyl (C=O) groups is 2. The Balaban J connectivity index is 2.06. The van der Waals surface area contributed by atoms with E-state index in [1.165, 1.54) is 6.92 Å². The molecule has 1 aromatic rings. The molecule has 1 heterocycles. The molecule has 0 bridgehead atoms. The smallest absolute Gasteiger partial charge is 0.340 e. The fourth-order valence-electron chi connectivity index (χ4n) is 2.23. The lowest BCUT2D eigenvalue weighted by Crippen LogP contribution is -2.38. The van der Waals surface area contributed by atoms with E-state index >= 15 is 0 Å². The third kappa shape index (κ3) is 5.64. The summed E-state index contributed by atoms with van der Waals surface area (Å²) in [4.78, 5) is 26.1. The Kier molecular flexibility index (Phi) is 8.43. The highest BCUT2D eigenvalue weighted by atomic mass is 127. The van der Waals surface area contributed by atoms with Crippen molar-refractivity contribution >= 4 is 85.3 Å². The minimum atomic E-state index is -0.361. The van der Waals surface area contributed by atoms with E-state index in [2.05, 4.69) is 78.0 Å². The second-order valence-corrected chi connectivity index (χ2v) is 8.58. The number of ether oxygens (including phenoxy) is 2. The minimum absolute atomic E-state index is 0.168. The molecular formula is C15H17I3N2O4. The van der Waals surface area contributed by atoms with Crippen LogP contribution in [0.4, 0.5) is 5.69 Å². The molecular weight excluding hydrogens is 653 g/mol. The van der Waals surface area contributed by atoms with Crippen molar-refractivity contribution in [1.29, 1.82) is 0 Å². The predicted octanol–water partition coefficient (Wildman–Crippen LogP) is 2.95. The van der Waals surface area contributed by atoms with Crippen molar-refractivity contribution < 1.29 is 19.1 Å². The summed E-state index contributed by atoms with van der Waals surface area (Å²) in [6.07, 6.45) is 0. The normalized spacial score (nSPS) is 15.2. The summed E-state index contributed by atoms with van der Waals surface area (Å²) in [5.74, 6) is -0.529. The molecule has 1 N–H and O–H groups in total. The Labute approximate surface area is 181 Å². The molecule has 0 saturated carbocycles. The molecule has 1 fully saturated rings. The van der Waals surface area contributed by atoms with Crippen LogP contribution < -0.4 is 5.32 Å². The molecule has 1 amide bonds. The molecule has 6 nitrogen and oxygen atoms in total. The summed E-state index contributed by atoms with van der Waals surface area (Å²) in [5, 5.41) is 2.78. The highest BCUT2D eigenvalue weighted by Gasteiger charge is 2.22. The van der Waals surface area contributed by atoms with Gasteiger partial charge in [0.25, 0.3) is 0 Å². The van der Waals surface area contributed by atoms with Gasteiger partial charge in [0.2, 0.25) is 5.91 Å². The third-order valence-corrected chi connectivity index (χ3v) is 6.20. The largest absolute Gasteiger partial charge is 0.461 e. The van der Waals surface area contributed by atoms with Gasteiger partial charge < -0.3 is 14.8 Å². The minimum Gasteiger partial charge on any atom is -0.461 e. The van der Waals surface area contributed by atoms with E-state index in [1.54, 1.807) is 0 Å². The van der Waals surface area contributed by atoms with Crippen LogP contribution in [0.5, 0.6) is 0 Å². The first-order valence-electron chi connectivity index (χ1n) is 7.32. The van der Waals surface area contributed by atoms with E-state index in [1.807, 2.05) is 6.07 Å².